The number of hydrogen-bond acceptors (Lipinski definition) is 4. The number of aryl methyl sites for hydroxylation is 1. The summed E-state index contributed by atoms with van der Waals surface area (Å²) in [4.78, 5) is 0. The van der Waals surface area contributed by atoms with Gasteiger partial charge >= 0.3 is 0 Å². The van der Waals surface area contributed by atoms with E-state index in [1.807, 2.05) is 24.3 Å². The molecule has 6 heteroatoms. The van der Waals surface area contributed by atoms with Crippen molar-refractivity contribution in [2.75, 3.05) is 26.6 Å². The number of benzene rings is 2. The zero-order valence-electron chi connectivity index (χ0n) is 15.3. The fraction of sp³-hybridized carbons (Fsp3) is 0.350. The predicted molar refractivity (Wildman–Crippen MR) is 108 cm³/mol. The van der Waals surface area contributed by atoms with Crippen LogP contribution in [0.2, 0.25) is 0 Å². The van der Waals surface area contributed by atoms with Crippen LogP contribution in [-0.2, 0) is 6.42 Å². The molecular weight excluding hydrogens is 348 g/mol. The van der Waals surface area contributed by atoms with Crippen molar-refractivity contribution in [2.45, 2.75) is 25.3 Å². The van der Waals surface area contributed by atoms with Gasteiger partial charge in [-0.2, -0.15) is 0 Å². The lowest BCUT2D eigenvalue weighted by Crippen LogP contribution is -2.34. The van der Waals surface area contributed by atoms with Crippen molar-refractivity contribution in [1.29, 1.82) is 0 Å². The topological polar surface area (TPSA) is 51.8 Å². The van der Waals surface area contributed by atoms with Crippen LogP contribution in [0.25, 0.3) is 0 Å². The van der Waals surface area contributed by atoms with E-state index >= 15 is 0 Å². The highest BCUT2D eigenvalue weighted by molar-refractivity contribution is 7.80. The Morgan fingerprint density at radius 2 is 1.81 bits per heavy atom. The monoisotopic (exact) mass is 372 g/mol. The number of anilines is 1. The molecule has 0 spiro atoms. The number of ether oxygens (including phenoxy) is 3. The molecule has 2 aromatic carbocycles. The average molecular weight is 372 g/mol. The summed E-state index contributed by atoms with van der Waals surface area (Å²) >= 11 is 5.52. The number of thiocarbonyl (C=S) groups is 1. The minimum Gasteiger partial charge on any atom is -0.497 e. The molecule has 1 aliphatic carbocycles. The molecule has 0 bridgehead atoms. The Morgan fingerprint density at radius 1 is 1.00 bits per heavy atom. The third-order valence-electron chi connectivity index (χ3n) is 4.61. The zero-order valence-corrected chi connectivity index (χ0v) is 16.1. The quantitative estimate of drug-likeness (QED) is 0.772. The summed E-state index contributed by atoms with van der Waals surface area (Å²) in [5.41, 5.74) is 3.46. The van der Waals surface area contributed by atoms with Crippen LogP contribution in [0.3, 0.4) is 0 Å². The van der Waals surface area contributed by atoms with E-state index in [0.29, 0.717) is 16.6 Å². The van der Waals surface area contributed by atoms with E-state index in [1.54, 1.807) is 21.3 Å². The van der Waals surface area contributed by atoms with Crippen molar-refractivity contribution < 1.29 is 14.2 Å². The molecular formula is C20H24N2O3S. The second-order valence-electron chi connectivity index (χ2n) is 6.18. The first kappa shape index (κ1) is 18.3. The van der Waals surface area contributed by atoms with Crippen LogP contribution in [0.5, 0.6) is 17.2 Å². The van der Waals surface area contributed by atoms with E-state index < -0.39 is 0 Å². The summed E-state index contributed by atoms with van der Waals surface area (Å²) in [6, 6.07) is 12.1. The molecule has 0 amide bonds. The van der Waals surface area contributed by atoms with Gasteiger partial charge in [0.2, 0.25) is 0 Å². The molecule has 3 rings (SSSR count). The summed E-state index contributed by atoms with van der Waals surface area (Å²) in [6.45, 7) is 0. The number of nitrogens with one attached hydrogen (secondary N) is 2. The van der Waals surface area contributed by atoms with Gasteiger partial charge in [-0.1, -0.05) is 6.07 Å². The first-order valence-electron chi connectivity index (χ1n) is 8.61. The van der Waals surface area contributed by atoms with Crippen molar-refractivity contribution in [3.8, 4) is 17.2 Å². The van der Waals surface area contributed by atoms with Gasteiger partial charge in [0.15, 0.2) is 16.6 Å². The minimum absolute atomic E-state index is 0.199. The first-order valence-corrected chi connectivity index (χ1v) is 9.01. The number of rotatable bonds is 5. The third kappa shape index (κ3) is 4.02. The zero-order chi connectivity index (χ0) is 18.5. The molecule has 2 N–H and O–H groups in total. The Labute approximate surface area is 159 Å². The molecule has 0 aliphatic heterocycles. The molecule has 1 aliphatic rings. The van der Waals surface area contributed by atoms with Crippen LogP contribution >= 0.6 is 12.2 Å². The second kappa shape index (κ2) is 8.27. The number of fused-ring (bicyclic) bond motifs is 1. The van der Waals surface area contributed by atoms with Crippen LogP contribution in [-0.4, -0.2) is 26.4 Å². The van der Waals surface area contributed by atoms with Gasteiger partial charge < -0.3 is 24.8 Å². The Hall–Kier alpha value is -2.47. The van der Waals surface area contributed by atoms with Crippen LogP contribution in [0.15, 0.2) is 36.4 Å². The summed E-state index contributed by atoms with van der Waals surface area (Å²) in [5, 5.41) is 7.25. The van der Waals surface area contributed by atoms with E-state index in [0.717, 1.165) is 30.7 Å². The van der Waals surface area contributed by atoms with Gasteiger partial charge in [-0.05, 0) is 66.9 Å². The van der Waals surface area contributed by atoms with Gasteiger partial charge in [0.1, 0.15) is 5.75 Å². The molecule has 2 aromatic rings. The van der Waals surface area contributed by atoms with Crippen LogP contribution in [0, 0.1) is 0 Å². The molecule has 0 fully saturated rings. The van der Waals surface area contributed by atoms with Crippen LogP contribution in [0.1, 0.15) is 30.0 Å². The van der Waals surface area contributed by atoms with Crippen molar-refractivity contribution in [3.05, 3.63) is 47.5 Å². The van der Waals surface area contributed by atoms with Gasteiger partial charge in [0, 0.05) is 11.8 Å². The fourth-order valence-electron chi connectivity index (χ4n) is 3.31. The lowest BCUT2D eigenvalue weighted by molar-refractivity contribution is 0.355. The second-order valence-corrected chi connectivity index (χ2v) is 6.59. The van der Waals surface area contributed by atoms with Crippen LogP contribution < -0.4 is 24.8 Å². The van der Waals surface area contributed by atoms with Crippen molar-refractivity contribution >= 4 is 23.0 Å². The van der Waals surface area contributed by atoms with Crippen molar-refractivity contribution in [3.63, 3.8) is 0 Å². The molecule has 0 saturated heterocycles. The van der Waals surface area contributed by atoms with Crippen molar-refractivity contribution in [2.24, 2.45) is 0 Å². The molecule has 0 heterocycles. The van der Waals surface area contributed by atoms with E-state index in [2.05, 4.69) is 22.8 Å². The molecule has 26 heavy (non-hydrogen) atoms. The minimum atomic E-state index is 0.199. The highest BCUT2D eigenvalue weighted by Gasteiger charge is 2.21. The summed E-state index contributed by atoms with van der Waals surface area (Å²) in [7, 11) is 4.93. The third-order valence-corrected chi connectivity index (χ3v) is 4.83. The largest absolute Gasteiger partial charge is 0.497 e. The molecule has 1 unspecified atom stereocenters. The van der Waals surface area contributed by atoms with E-state index in [1.165, 1.54) is 11.1 Å². The molecule has 0 radical (unpaired) electrons. The Kier molecular flexibility index (Phi) is 5.83. The first-order chi connectivity index (χ1) is 12.6. The smallest absolute Gasteiger partial charge is 0.171 e. The van der Waals surface area contributed by atoms with Crippen LogP contribution in [0.4, 0.5) is 5.69 Å². The highest BCUT2D eigenvalue weighted by Crippen LogP contribution is 2.33. The molecule has 0 saturated carbocycles. The van der Waals surface area contributed by atoms with Gasteiger partial charge in [-0.15, -0.1) is 0 Å². The number of methoxy groups -OCH3 is 3. The highest BCUT2D eigenvalue weighted by atomic mass is 32.1. The molecule has 0 aromatic heterocycles. The molecule has 5 nitrogen and oxygen atoms in total. The average Bonchev–Trinajstić information content (AvgIpc) is 2.67. The van der Waals surface area contributed by atoms with Gasteiger partial charge in [0.25, 0.3) is 0 Å². The molecule has 138 valence electrons. The lowest BCUT2D eigenvalue weighted by Gasteiger charge is -2.28. The van der Waals surface area contributed by atoms with Gasteiger partial charge in [0.05, 0.1) is 27.4 Å². The lowest BCUT2D eigenvalue weighted by atomic mass is 9.87. The van der Waals surface area contributed by atoms with Gasteiger partial charge in [-0.25, -0.2) is 0 Å². The van der Waals surface area contributed by atoms with E-state index in [9.17, 15) is 0 Å². The fourth-order valence-corrected chi connectivity index (χ4v) is 3.57. The maximum atomic E-state index is 5.52. The van der Waals surface area contributed by atoms with Gasteiger partial charge in [-0.3, -0.25) is 0 Å². The van der Waals surface area contributed by atoms with E-state index in [4.69, 9.17) is 26.4 Å². The number of hydrogen-bond donors (Lipinski definition) is 2. The Morgan fingerprint density at radius 3 is 2.54 bits per heavy atom. The SMILES string of the molecule is COc1ccc2c(c1)CCCC2NC(=S)Nc1ccc(OC)c(OC)c1. The summed E-state index contributed by atoms with van der Waals surface area (Å²) in [5.74, 6) is 2.25. The standard InChI is InChI=1S/C20H24N2O3S/c1-23-15-8-9-16-13(11-15)5-4-6-17(16)22-20(26)21-14-7-10-18(24-2)19(12-14)25-3/h7-12,17H,4-6H2,1-3H3,(H2,21,22,26). The van der Waals surface area contributed by atoms with E-state index in [-0.39, 0.29) is 6.04 Å². The predicted octanol–water partition coefficient (Wildman–Crippen LogP) is 4.08. The van der Waals surface area contributed by atoms with Crippen molar-refractivity contribution in [1.82, 2.24) is 5.32 Å². The maximum absolute atomic E-state index is 5.52. The summed E-state index contributed by atoms with van der Waals surface area (Å²) in [6.07, 6.45) is 3.24. The Balaban J connectivity index is 1.70. The molecule has 1 atom stereocenters. The summed E-state index contributed by atoms with van der Waals surface area (Å²) < 4.78 is 15.9. The Bertz CT molecular complexity index is 795. The normalized spacial score (nSPS) is 15.6. The maximum Gasteiger partial charge on any atom is 0.171 e.